The normalized spacial score (nSPS) is 13.9. The Balaban J connectivity index is 1.93. The Morgan fingerprint density at radius 1 is 1.33 bits per heavy atom. The number of likely N-dealkylation sites (N-methyl/N-ethyl adjacent to an activating group) is 1. The van der Waals surface area contributed by atoms with E-state index in [0.29, 0.717) is 16.9 Å². The minimum atomic E-state index is -0.615. The Morgan fingerprint density at radius 3 is 2.67 bits per heavy atom. The smallest absolute Gasteiger partial charge is 0.368 e. The summed E-state index contributed by atoms with van der Waals surface area (Å²) in [6.45, 7) is 0.0782. The number of allylic oxidation sites excluding steroid dienone is 2. The number of carbonyl (C=O) groups excluding carboxylic acids is 2. The van der Waals surface area contributed by atoms with Gasteiger partial charge in [-0.15, -0.1) is 0 Å². The molecule has 0 amide bonds. The lowest BCUT2D eigenvalue weighted by Gasteiger charge is -2.25. The molecule has 0 fully saturated rings. The molecule has 0 unspecified atom stereocenters. The number of hydrogen-bond acceptors (Lipinski definition) is 8. The summed E-state index contributed by atoms with van der Waals surface area (Å²) in [5, 5.41) is 23.1. The van der Waals surface area contributed by atoms with E-state index in [-0.39, 0.29) is 24.7 Å². The first-order valence-corrected chi connectivity index (χ1v) is 7.84. The van der Waals surface area contributed by atoms with Gasteiger partial charge in [0.05, 0.1) is 24.7 Å². The molecular weight excluding hydrogens is 352 g/mol. The molecule has 0 saturated carbocycles. The van der Waals surface area contributed by atoms with Crippen molar-refractivity contribution in [1.29, 1.82) is 5.26 Å². The molecule has 2 aromatic rings. The van der Waals surface area contributed by atoms with Crippen molar-refractivity contribution >= 4 is 28.9 Å². The van der Waals surface area contributed by atoms with Crippen LogP contribution >= 0.6 is 0 Å². The van der Waals surface area contributed by atoms with E-state index in [1.807, 2.05) is 6.07 Å². The van der Waals surface area contributed by atoms with Gasteiger partial charge >= 0.3 is 5.82 Å². The van der Waals surface area contributed by atoms with Crippen molar-refractivity contribution in [3.63, 3.8) is 0 Å². The number of nitrogens with zero attached hydrogens (tertiary/aromatic N) is 5. The Bertz CT molecular complexity index is 999. The second-order valence-electron chi connectivity index (χ2n) is 5.90. The fourth-order valence-corrected chi connectivity index (χ4v) is 2.60. The van der Waals surface area contributed by atoms with Crippen LogP contribution in [0, 0.1) is 21.4 Å². The van der Waals surface area contributed by atoms with Crippen LogP contribution in [0.5, 0.6) is 0 Å². The number of carbonyl (C=O) groups is 2. The minimum absolute atomic E-state index is 0.0418. The van der Waals surface area contributed by atoms with Gasteiger partial charge in [-0.3, -0.25) is 14.2 Å². The molecular formula is C17H14N6O4. The van der Waals surface area contributed by atoms with Crippen LogP contribution in [-0.2, 0) is 16.1 Å². The van der Waals surface area contributed by atoms with Crippen molar-refractivity contribution < 1.29 is 14.5 Å². The van der Waals surface area contributed by atoms with Crippen LogP contribution in [0.1, 0.15) is 5.56 Å². The van der Waals surface area contributed by atoms with Gasteiger partial charge in [0.15, 0.2) is 0 Å². The van der Waals surface area contributed by atoms with E-state index in [9.17, 15) is 19.7 Å². The lowest BCUT2D eigenvalue weighted by atomic mass is 10.1. The third-order valence-electron chi connectivity index (χ3n) is 4.04. The molecule has 0 saturated heterocycles. The van der Waals surface area contributed by atoms with Crippen LogP contribution in [0.15, 0.2) is 42.4 Å². The van der Waals surface area contributed by atoms with Crippen molar-refractivity contribution in [3.8, 4) is 6.07 Å². The van der Waals surface area contributed by atoms with Gasteiger partial charge in [0, 0.05) is 24.5 Å². The van der Waals surface area contributed by atoms with Gasteiger partial charge in [0.25, 0.3) is 0 Å². The second kappa shape index (κ2) is 7.09. The van der Waals surface area contributed by atoms with E-state index in [4.69, 9.17) is 5.26 Å². The second-order valence-corrected chi connectivity index (χ2v) is 5.90. The first-order chi connectivity index (χ1) is 12.9. The highest BCUT2D eigenvalue weighted by Crippen LogP contribution is 2.28. The number of nitro groups is 1. The first kappa shape index (κ1) is 17.8. The molecule has 10 nitrogen and oxygen atoms in total. The molecule has 136 valence electrons. The maximum atomic E-state index is 11.7. The first-order valence-electron chi connectivity index (χ1n) is 7.84. The standard InChI is InChI=1S/C17H14N6O4/c1-21-9-15(25)14(24)6-13(21)8-22-10-19-16(23(26)27)17(22)20-12-4-2-11(7-18)3-5-12/h2-6,10,20H,8-9H2,1H3. The fourth-order valence-electron chi connectivity index (χ4n) is 2.60. The number of nitriles is 1. The summed E-state index contributed by atoms with van der Waals surface area (Å²) in [4.78, 5) is 39.3. The number of Topliss-reactive ketones (excluding diaryl/α,β-unsaturated/α-hetero) is 1. The Labute approximate surface area is 153 Å². The highest BCUT2D eigenvalue weighted by molar-refractivity contribution is 6.43. The average molecular weight is 366 g/mol. The predicted octanol–water partition coefficient (Wildman–Crippen LogP) is 1.37. The third-order valence-corrected chi connectivity index (χ3v) is 4.04. The van der Waals surface area contributed by atoms with Gasteiger partial charge in [-0.25, -0.2) is 0 Å². The molecule has 0 atom stereocenters. The number of aromatic nitrogens is 2. The zero-order valence-electron chi connectivity index (χ0n) is 14.2. The van der Waals surface area contributed by atoms with Gasteiger partial charge in [-0.05, 0) is 34.2 Å². The lowest BCUT2D eigenvalue weighted by molar-refractivity contribution is -0.388. The summed E-state index contributed by atoms with van der Waals surface area (Å²) in [6, 6.07) is 8.39. The molecule has 27 heavy (non-hydrogen) atoms. The maximum absolute atomic E-state index is 11.7. The van der Waals surface area contributed by atoms with E-state index < -0.39 is 16.5 Å². The van der Waals surface area contributed by atoms with Crippen LogP contribution in [0.2, 0.25) is 0 Å². The maximum Gasteiger partial charge on any atom is 0.406 e. The predicted molar refractivity (Wildman–Crippen MR) is 94.0 cm³/mol. The zero-order chi connectivity index (χ0) is 19.6. The summed E-state index contributed by atoms with van der Waals surface area (Å²) >= 11 is 0. The van der Waals surface area contributed by atoms with Crippen LogP contribution in [-0.4, -0.2) is 44.5 Å². The highest BCUT2D eigenvalue weighted by Gasteiger charge is 2.26. The number of nitrogens with one attached hydrogen (secondary N) is 1. The summed E-state index contributed by atoms with van der Waals surface area (Å²) in [6.07, 6.45) is 2.52. The third kappa shape index (κ3) is 3.67. The van der Waals surface area contributed by atoms with Gasteiger partial charge < -0.3 is 20.3 Å². The molecule has 10 heteroatoms. The van der Waals surface area contributed by atoms with E-state index in [1.165, 1.54) is 17.0 Å². The van der Waals surface area contributed by atoms with Crippen molar-refractivity contribution in [2.24, 2.45) is 0 Å². The molecule has 0 bridgehead atoms. The van der Waals surface area contributed by atoms with Gasteiger partial charge in [-0.1, -0.05) is 0 Å². The van der Waals surface area contributed by atoms with Crippen molar-refractivity contribution in [3.05, 3.63) is 58.0 Å². The van der Waals surface area contributed by atoms with Crippen molar-refractivity contribution in [2.45, 2.75) is 6.54 Å². The number of benzene rings is 1. The SMILES string of the molecule is CN1CC(=O)C(=O)C=C1Cn1cnc([N+](=O)[O-])c1Nc1ccc(C#N)cc1. The number of imidazole rings is 1. The van der Waals surface area contributed by atoms with Gasteiger partial charge in [0.2, 0.25) is 23.7 Å². The molecule has 1 aliphatic heterocycles. The van der Waals surface area contributed by atoms with E-state index in [2.05, 4.69) is 10.3 Å². The molecule has 2 heterocycles. The minimum Gasteiger partial charge on any atom is -0.368 e. The molecule has 1 aromatic carbocycles. The summed E-state index contributed by atoms with van der Waals surface area (Å²) < 4.78 is 1.49. The summed E-state index contributed by atoms with van der Waals surface area (Å²) in [5.41, 5.74) is 1.53. The molecule has 3 rings (SSSR count). The molecule has 0 spiro atoms. The number of rotatable bonds is 5. The average Bonchev–Trinajstić information content (AvgIpc) is 3.03. The number of ketones is 2. The summed E-state index contributed by atoms with van der Waals surface area (Å²) in [5.74, 6) is -1.35. The molecule has 0 radical (unpaired) electrons. The van der Waals surface area contributed by atoms with E-state index in [1.54, 1.807) is 36.2 Å². The lowest BCUT2D eigenvalue weighted by Crippen LogP contribution is -2.36. The van der Waals surface area contributed by atoms with Gasteiger partial charge in [-0.2, -0.15) is 5.26 Å². The molecule has 1 aromatic heterocycles. The van der Waals surface area contributed by atoms with Crippen molar-refractivity contribution in [1.82, 2.24) is 14.5 Å². The van der Waals surface area contributed by atoms with Crippen LogP contribution in [0.3, 0.4) is 0 Å². The van der Waals surface area contributed by atoms with Crippen LogP contribution in [0.4, 0.5) is 17.3 Å². The molecule has 1 N–H and O–H groups in total. The van der Waals surface area contributed by atoms with E-state index in [0.717, 1.165) is 0 Å². The van der Waals surface area contributed by atoms with Crippen LogP contribution < -0.4 is 5.32 Å². The highest BCUT2D eigenvalue weighted by atomic mass is 16.6. The molecule has 0 aliphatic carbocycles. The Kier molecular flexibility index (Phi) is 4.68. The topological polar surface area (TPSA) is 134 Å². The number of hydrogen-bond donors (Lipinski definition) is 1. The number of anilines is 2. The van der Waals surface area contributed by atoms with Crippen molar-refractivity contribution in [2.75, 3.05) is 18.9 Å². The van der Waals surface area contributed by atoms with Gasteiger partial charge in [0.1, 0.15) is 0 Å². The van der Waals surface area contributed by atoms with E-state index >= 15 is 0 Å². The quantitative estimate of drug-likeness (QED) is 0.476. The summed E-state index contributed by atoms with van der Waals surface area (Å²) in [7, 11) is 1.66. The molecule has 1 aliphatic rings. The monoisotopic (exact) mass is 366 g/mol. The largest absolute Gasteiger partial charge is 0.406 e. The zero-order valence-corrected chi connectivity index (χ0v) is 14.2. The Hall–Kier alpha value is -4.00. The fraction of sp³-hybridized carbons (Fsp3) is 0.176. The Morgan fingerprint density at radius 2 is 2.04 bits per heavy atom. The van der Waals surface area contributed by atoms with Crippen LogP contribution in [0.25, 0.3) is 0 Å².